The number of halogens is 2. The van der Waals surface area contributed by atoms with Crippen molar-refractivity contribution < 1.29 is 9.53 Å². The van der Waals surface area contributed by atoms with Crippen molar-refractivity contribution in [3.8, 4) is 0 Å². The van der Waals surface area contributed by atoms with Gasteiger partial charge in [0.1, 0.15) is 0 Å². The molecule has 1 atom stereocenters. The molecule has 152 valence electrons. The van der Waals surface area contributed by atoms with Gasteiger partial charge in [-0.15, -0.1) is 24.8 Å². The number of para-hydroxylation sites is 2. The third-order valence-corrected chi connectivity index (χ3v) is 4.40. The lowest BCUT2D eigenvalue weighted by molar-refractivity contribution is -0.123. The maximum atomic E-state index is 11.9. The van der Waals surface area contributed by atoms with Crippen molar-refractivity contribution in [3.63, 3.8) is 0 Å². The van der Waals surface area contributed by atoms with Gasteiger partial charge >= 0.3 is 0 Å². The number of imidazole rings is 1. The molecule has 3 N–H and O–H groups in total. The molecule has 1 heterocycles. The number of carbonyl (C=O) groups is 1. The first-order valence-corrected chi connectivity index (χ1v) is 8.67. The van der Waals surface area contributed by atoms with Gasteiger partial charge in [0.2, 0.25) is 5.91 Å². The van der Waals surface area contributed by atoms with Crippen molar-refractivity contribution in [1.29, 1.82) is 0 Å². The Morgan fingerprint density at radius 3 is 2.50 bits per heavy atom. The third-order valence-electron chi connectivity index (χ3n) is 4.40. The van der Waals surface area contributed by atoms with E-state index in [1.165, 1.54) is 5.56 Å². The maximum Gasteiger partial charge on any atom is 0.222 e. The summed E-state index contributed by atoms with van der Waals surface area (Å²) >= 11 is 0. The number of carbonyl (C=O) groups excluding carboxylic acids is 1. The highest BCUT2D eigenvalue weighted by Gasteiger charge is 2.11. The van der Waals surface area contributed by atoms with E-state index < -0.39 is 0 Å². The summed E-state index contributed by atoms with van der Waals surface area (Å²) in [6.07, 6.45) is 1.91. The summed E-state index contributed by atoms with van der Waals surface area (Å²) in [5.74, 6) is -0.0590. The van der Waals surface area contributed by atoms with E-state index >= 15 is 0 Å². The minimum Gasteiger partial charge on any atom is -0.380 e. The number of methoxy groups -OCH3 is 1. The number of nitrogens with one attached hydrogen (secondary N) is 1. The Kier molecular flexibility index (Phi) is 9.96. The van der Waals surface area contributed by atoms with E-state index in [0.29, 0.717) is 13.1 Å². The van der Waals surface area contributed by atoms with Crippen LogP contribution in [0.2, 0.25) is 0 Å². The molecule has 6 nitrogen and oxygen atoms in total. The van der Waals surface area contributed by atoms with E-state index in [4.69, 9.17) is 10.5 Å². The average Bonchev–Trinajstić information content (AvgIpc) is 3.08. The van der Waals surface area contributed by atoms with Crippen LogP contribution in [0.5, 0.6) is 0 Å². The van der Waals surface area contributed by atoms with Crippen LogP contribution in [0.25, 0.3) is 11.0 Å². The first kappa shape index (κ1) is 23.9. The largest absolute Gasteiger partial charge is 0.380 e. The Bertz CT molecular complexity index is 864. The third kappa shape index (κ3) is 6.21. The molecule has 0 fully saturated rings. The number of rotatable bonds is 8. The lowest BCUT2D eigenvalue weighted by Gasteiger charge is -2.12. The number of hydrogen-bond acceptors (Lipinski definition) is 4. The predicted octanol–water partition coefficient (Wildman–Crippen LogP) is 2.91. The van der Waals surface area contributed by atoms with E-state index in [0.717, 1.165) is 23.1 Å². The highest BCUT2D eigenvalue weighted by Crippen LogP contribution is 2.14. The molecule has 0 saturated carbocycles. The van der Waals surface area contributed by atoms with E-state index in [-0.39, 0.29) is 43.2 Å². The summed E-state index contributed by atoms with van der Waals surface area (Å²) in [7, 11) is 1.56. The van der Waals surface area contributed by atoms with Crippen molar-refractivity contribution in [1.82, 2.24) is 14.9 Å². The minimum absolute atomic E-state index is 0. The summed E-state index contributed by atoms with van der Waals surface area (Å²) in [6.45, 7) is 1.59. The molecule has 1 aromatic heterocycles. The highest BCUT2D eigenvalue weighted by atomic mass is 35.5. The van der Waals surface area contributed by atoms with E-state index in [1.807, 2.05) is 36.7 Å². The Morgan fingerprint density at radius 2 is 1.82 bits per heavy atom. The zero-order valence-corrected chi connectivity index (χ0v) is 17.3. The number of nitrogens with zero attached hydrogens (tertiary/aromatic N) is 2. The number of amides is 1. The number of hydrogen-bond donors (Lipinski definition) is 2. The summed E-state index contributed by atoms with van der Waals surface area (Å²) in [6, 6.07) is 16.3. The van der Waals surface area contributed by atoms with E-state index in [9.17, 15) is 4.79 Å². The quantitative estimate of drug-likeness (QED) is 0.582. The molecule has 3 rings (SSSR count). The van der Waals surface area contributed by atoms with Gasteiger partial charge in [-0.25, -0.2) is 4.98 Å². The molecule has 0 bridgehead atoms. The van der Waals surface area contributed by atoms with Gasteiger partial charge in [0.05, 0.1) is 29.9 Å². The molecule has 0 aliphatic rings. The number of benzene rings is 2. The molecule has 0 aliphatic carbocycles. The second-order valence-corrected chi connectivity index (χ2v) is 6.25. The molecule has 2 aromatic carbocycles. The smallest absolute Gasteiger partial charge is 0.222 e. The number of fused-ring (bicyclic) bond motifs is 1. The fourth-order valence-electron chi connectivity index (χ4n) is 2.84. The number of nitrogens with two attached hydrogens (primary N) is 1. The molecule has 8 heteroatoms. The van der Waals surface area contributed by atoms with Crippen molar-refractivity contribution in [2.45, 2.75) is 25.6 Å². The molecule has 0 aliphatic heterocycles. The van der Waals surface area contributed by atoms with Gasteiger partial charge in [-0.2, -0.15) is 0 Å². The number of ether oxygens (including phenoxy) is 1. The van der Waals surface area contributed by atoms with Crippen LogP contribution in [-0.2, 0) is 22.6 Å². The number of aromatic nitrogens is 2. The molecule has 0 spiro atoms. The van der Waals surface area contributed by atoms with Crippen molar-refractivity contribution in [3.05, 3.63) is 66.0 Å². The van der Waals surface area contributed by atoms with Gasteiger partial charge in [0.25, 0.3) is 0 Å². The van der Waals surface area contributed by atoms with Gasteiger partial charge in [0, 0.05) is 26.7 Å². The fourth-order valence-corrected chi connectivity index (χ4v) is 2.84. The zero-order chi connectivity index (χ0) is 18.4. The Morgan fingerprint density at radius 1 is 1.14 bits per heavy atom. The maximum absolute atomic E-state index is 11.9. The zero-order valence-electron chi connectivity index (χ0n) is 15.7. The Labute approximate surface area is 177 Å². The van der Waals surface area contributed by atoms with Crippen LogP contribution in [0.3, 0.4) is 0 Å². The van der Waals surface area contributed by atoms with E-state index in [2.05, 4.69) is 33.1 Å². The first-order valence-electron chi connectivity index (χ1n) is 8.67. The van der Waals surface area contributed by atoms with Crippen LogP contribution in [0.1, 0.15) is 17.5 Å². The van der Waals surface area contributed by atoms with Gasteiger partial charge in [-0.05, 0) is 23.3 Å². The monoisotopic (exact) mass is 424 g/mol. The van der Waals surface area contributed by atoms with Gasteiger partial charge in [-0.3, -0.25) is 4.79 Å². The molecular weight excluding hydrogens is 399 g/mol. The minimum atomic E-state index is -0.234. The highest BCUT2D eigenvalue weighted by molar-refractivity contribution is 5.85. The predicted molar refractivity (Wildman–Crippen MR) is 116 cm³/mol. The molecular formula is C20H26Cl2N4O2. The molecule has 0 saturated heterocycles. The van der Waals surface area contributed by atoms with Crippen LogP contribution in [0, 0.1) is 0 Å². The van der Waals surface area contributed by atoms with Crippen molar-refractivity contribution in [2.75, 3.05) is 13.7 Å². The second-order valence-electron chi connectivity index (χ2n) is 6.25. The lowest BCUT2D eigenvalue weighted by Crippen LogP contribution is -2.31. The summed E-state index contributed by atoms with van der Waals surface area (Å²) < 4.78 is 7.25. The van der Waals surface area contributed by atoms with Crippen LogP contribution in [-0.4, -0.2) is 35.2 Å². The Hall–Kier alpha value is -2.12. The molecule has 3 aromatic rings. The second kappa shape index (κ2) is 11.7. The fraction of sp³-hybridized carbons (Fsp3) is 0.300. The molecule has 1 amide bonds. The first-order chi connectivity index (χ1) is 12.7. The SMILES string of the molecule is COC(CN)CC(=O)NCc1ccc(Cn2cnc3ccccc32)cc1.Cl.Cl. The summed E-state index contributed by atoms with van der Waals surface area (Å²) in [4.78, 5) is 16.3. The van der Waals surface area contributed by atoms with Crippen LogP contribution < -0.4 is 11.1 Å². The molecule has 1 unspecified atom stereocenters. The standard InChI is InChI=1S/C20H24N4O2.2ClH/c1-26-17(11-21)10-20(25)22-12-15-6-8-16(9-7-15)13-24-14-23-18-4-2-3-5-19(18)24;;/h2-9,14,17H,10-13,21H2,1H3,(H,22,25);2*1H. The van der Waals surface area contributed by atoms with Crippen LogP contribution in [0.4, 0.5) is 0 Å². The average molecular weight is 425 g/mol. The van der Waals surface area contributed by atoms with Gasteiger partial charge < -0.3 is 20.4 Å². The molecule has 28 heavy (non-hydrogen) atoms. The summed E-state index contributed by atoms with van der Waals surface area (Å²) in [5, 5.41) is 2.90. The van der Waals surface area contributed by atoms with Gasteiger partial charge in [0.15, 0.2) is 0 Å². The topological polar surface area (TPSA) is 82.2 Å². The van der Waals surface area contributed by atoms with Crippen LogP contribution >= 0.6 is 24.8 Å². The van der Waals surface area contributed by atoms with Crippen LogP contribution in [0.15, 0.2) is 54.9 Å². The Balaban J connectivity index is 0.00000196. The van der Waals surface area contributed by atoms with Gasteiger partial charge in [-0.1, -0.05) is 36.4 Å². The van der Waals surface area contributed by atoms with Crippen molar-refractivity contribution in [2.24, 2.45) is 5.73 Å². The normalized spacial score (nSPS) is 11.4. The van der Waals surface area contributed by atoms with Crippen molar-refractivity contribution >= 4 is 41.8 Å². The summed E-state index contributed by atoms with van der Waals surface area (Å²) in [5.41, 5.74) is 9.90. The molecule has 0 radical (unpaired) electrons. The van der Waals surface area contributed by atoms with E-state index in [1.54, 1.807) is 7.11 Å². The lowest BCUT2D eigenvalue weighted by atomic mass is 10.1.